The van der Waals surface area contributed by atoms with Crippen LogP contribution < -0.4 is 4.74 Å². The third-order valence-corrected chi connectivity index (χ3v) is 6.02. The Morgan fingerprint density at radius 2 is 2.04 bits per heavy atom. The number of sulfone groups is 1. The molecule has 1 aromatic rings. The van der Waals surface area contributed by atoms with E-state index in [4.69, 9.17) is 4.74 Å². The molecule has 132 valence electrons. The minimum Gasteiger partial charge on any atom is -0.497 e. The molecule has 2 rings (SSSR count). The maximum absolute atomic E-state index is 12.4. The predicted molar refractivity (Wildman–Crippen MR) is 91.0 cm³/mol. The molecule has 1 aromatic carbocycles. The molecule has 1 aliphatic rings. The Labute approximate surface area is 142 Å². The number of rotatable bonds is 7. The van der Waals surface area contributed by atoms with E-state index in [2.05, 4.69) is 0 Å². The lowest BCUT2D eigenvalue weighted by molar-refractivity contribution is -0.132. The van der Waals surface area contributed by atoms with E-state index in [1.54, 1.807) is 29.2 Å². The van der Waals surface area contributed by atoms with Crippen molar-refractivity contribution in [1.29, 1.82) is 0 Å². The Bertz CT molecular complexity index is 713. The molecule has 1 fully saturated rings. The molecule has 7 heteroatoms. The minimum absolute atomic E-state index is 0.0242. The van der Waals surface area contributed by atoms with Crippen LogP contribution in [0.5, 0.6) is 5.75 Å². The maximum Gasteiger partial charge on any atom is 0.223 e. The van der Waals surface area contributed by atoms with Crippen molar-refractivity contribution >= 4 is 21.5 Å². The molecule has 1 aliphatic heterocycles. The fourth-order valence-corrected chi connectivity index (χ4v) is 4.70. The van der Waals surface area contributed by atoms with Crippen LogP contribution in [-0.2, 0) is 14.6 Å². The Morgan fingerprint density at radius 3 is 2.62 bits per heavy atom. The molecule has 0 N–H and O–H groups in total. The lowest BCUT2D eigenvalue weighted by Gasteiger charge is -2.26. The third kappa shape index (κ3) is 4.56. The molecule has 0 spiro atoms. The molecule has 0 saturated carbocycles. The van der Waals surface area contributed by atoms with Crippen molar-refractivity contribution in [2.24, 2.45) is 0 Å². The van der Waals surface area contributed by atoms with Crippen molar-refractivity contribution in [3.8, 4) is 5.75 Å². The van der Waals surface area contributed by atoms with E-state index < -0.39 is 9.84 Å². The van der Waals surface area contributed by atoms with Gasteiger partial charge in [-0.05, 0) is 25.5 Å². The Kier molecular flexibility index (Phi) is 5.99. The summed E-state index contributed by atoms with van der Waals surface area (Å²) in [5.74, 6) is 0.451. The average molecular weight is 353 g/mol. The van der Waals surface area contributed by atoms with Gasteiger partial charge in [-0.3, -0.25) is 9.59 Å². The first kappa shape index (κ1) is 18.4. The van der Waals surface area contributed by atoms with Gasteiger partial charge in [-0.15, -0.1) is 0 Å². The summed E-state index contributed by atoms with van der Waals surface area (Å²) in [6.07, 6.45) is 0.661. The Balaban J connectivity index is 1.94. The van der Waals surface area contributed by atoms with Gasteiger partial charge in [0.2, 0.25) is 5.91 Å². The molecule has 0 aromatic heterocycles. The van der Waals surface area contributed by atoms with Gasteiger partial charge < -0.3 is 9.64 Å². The van der Waals surface area contributed by atoms with E-state index >= 15 is 0 Å². The highest BCUT2D eigenvalue weighted by molar-refractivity contribution is 7.91. The number of hydrogen-bond acceptors (Lipinski definition) is 5. The summed E-state index contributed by atoms with van der Waals surface area (Å²) < 4.78 is 28.3. The molecule has 1 amide bonds. The summed E-state index contributed by atoms with van der Waals surface area (Å²) >= 11 is 0. The number of Topliss-reactive ketones (excluding diaryl/α,β-unsaturated/α-hetero) is 1. The number of carbonyl (C=O) groups excluding carboxylic acids is 2. The highest BCUT2D eigenvalue weighted by Gasteiger charge is 2.33. The maximum atomic E-state index is 12.4. The number of carbonyl (C=O) groups is 2. The third-order valence-electron chi connectivity index (χ3n) is 4.27. The van der Waals surface area contributed by atoms with Crippen LogP contribution >= 0.6 is 0 Å². The van der Waals surface area contributed by atoms with Crippen LogP contribution in [0.2, 0.25) is 0 Å². The van der Waals surface area contributed by atoms with E-state index in [-0.39, 0.29) is 42.1 Å². The number of amides is 1. The molecule has 1 unspecified atom stereocenters. The van der Waals surface area contributed by atoms with Gasteiger partial charge in [0.1, 0.15) is 5.75 Å². The molecule has 1 atom stereocenters. The van der Waals surface area contributed by atoms with E-state index in [1.807, 2.05) is 6.92 Å². The summed E-state index contributed by atoms with van der Waals surface area (Å²) in [7, 11) is -1.51. The van der Waals surface area contributed by atoms with Crippen molar-refractivity contribution in [2.45, 2.75) is 32.2 Å². The van der Waals surface area contributed by atoms with Crippen LogP contribution in [0.3, 0.4) is 0 Å². The molecule has 0 bridgehead atoms. The number of ether oxygens (including phenoxy) is 1. The summed E-state index contributed by atoms with van der Waals surface area (Å²) in [4.78, 5) is 26.2. The van der Waals surface area contributed by atoms with E-state index in [9.17, 15) is 18.0 Å². The van der Waals surface area contributed by atoms with Gasteiger partial charge in [0.25, 0.3) is 0 Å². The van der Waals surface area contributed by atoms with Crippen molar-refractivity contribution in [2.75, 3.05) is 25.2 Å². The zero-order valence-corrected chi connectivity index (χ0v) is 14.8. The highest BCUT2D eigenvalue weighted by Crippen LogP contribution is 2.20. The van der Waals surface area contributed by atoms with Crippen LogP contribution in [0.4, 0.5) is 0 Å². The van der Waals surface area contributed by atoms with Crippen molar-refractivity contribution in [3.63, 3.8) is 0 Å². The first-order valence-corrected chi connectivity index (χ1v) is 9.85. The van der Waals surface area contributed by atoms with Crippen LogP contribution in [0, 0.1) is 0 Å². The first-order chi connectivity index (χ1) is 11.4. The topological polar surface area (TPSA) is 80.8 Å². The zero-order valence-electron chi connectivity index (χ0n) is 14.0. The Morgan fingerprint density at radius 1 is 1.29 bits per heavy atom. The fourth-order valence-electron chi connectivity index (χ4n) is 2.96. The average Bonchev–Trinajstić information content (AvgIpc) is 2.93. The summed E-state index contributed by atoms with van der Waals surface area (Å²) in [6, 6.07) is 6.56. The van der Waals surface area contributed by atoms with Gasteiger partial charge >= 0.3 is 0 Å². The van der Waals surface area contributed by atoms with Gasteiger partial charge in [0, 0.05) is 31.0 Å². The predicted octanol–water partition coefficient (Wildman–Crippen LogP) is 1.69. The van der Waals surface area contributed by atoms with E-state index in [0.29, 0.717) is 24.3 Å². The molecular formula is C17H23NO5S. The second-order valence-corrected chi connectivity index (χ2v) is 8.12. The van der Waals surface area contributed by atoms with Crippen LogP contribution in [-0.4, -0.2) is 56.2 Å². The summed E-state index contributed by atoms with van der Waals surface area (Å²) in [5.41, 5.74) is 0.508. The van der Waals surface area contributed by atoms with E-state index in [1.165, 1.54) is 7.11 Å². The number of nitrogens with zero attached hydrogens (tertiary/aromatic N) is 1. The van der Waals surface area contributed by atoms with Gasteiger partial charge in [0.05, 0.1) is 18.6 Å². The molecule has 0 radical (unpaired) electrons. The smallest absolute Gasteiger partial charge is 0.223 e. The molecular weight excluding hydrogens is 330 g/mol. The normalized spacial score (nSPS) is 19.0. The molecule has 24 heavy (non-hydrogen) atoms. The first-order valence-electron chi connectivity index (χ1n) is 8.03. The Hall–Kier alpha value is -1.89. The number of benzene rings is 1. The minimum atomic E-state index is -3.04. The highest BCUT2D eigenvalue weighted by atomic mass is 32.2. The van der Waals surface area contributed by atoms with Crippen molar-refractivity contribution in [1.82, 2.24) is 4.90 Å². The van der Waals surface area contributed by atoms with Crippen molar-refractivity contribution < 1.29 is 22.7 Å². The quantitative estimate of drug-likeness (QED) is 0.697. The molecule has 1 heterocycles. The molecule has 6 nitrogen and oxygen atoms in total. The lowest BCUT2D eigenvalue weighted by Crippen LogP contribution is -2.41. The standard InChI is InChI=1S/C17H23NO5S/c1-3-18(14-9-10-24(21,22)12-14)17(20)8-7-16(19)13-5-4-6-15(11-13)23-2/h4-6,11,14H,3,7-10,12H2,1-2H3. The zero-order chi connectivity index (χ0) is 17.7. The SMILES string of the molecule is CCN(C(=O)CCC(=O)c1cccc(OC)c1)C1CCS(=O)(=O)C1. The lowest BCUT2D eigenvalue weighted by atomic mass is 10.1. The van der Waals surface area contributed by atoms with E-state index in [0.717, 1.165) is 0 Å². The van der Waals surface area contributed by atoms with Gasteiger partial charge in [0.15, 0.2) is 15.6 Å². The van der Waals surface area contributed by atoms with Crippen LogP contribution in [0.1, 0.15) is 36.5 Å². The van der Waals surface area contributed by atoms with Crippen LogP contribution in [0.25, 0.3) is 0 Å². The van der Waals surface area contributed by atoms with Gasteiger partial charge in [-0.1, -0.05) is 12.1 Å². The second kappa shape index (κ2) is 7.79. The van der Waals surface area contributed by atoms with Crippen molar-refractivity contribution in [3.05, 3.63) is 29.8 Å². The van der Waals surface area contributed by atoms with Gasteiger partial charge in [-0.2, -0.15) is 0 Å². The largest absolute Gasteiger partial charge is 0.497 e. The molecule has 0 aliphatic carbocycles. The number of methoxy groups -OCH3 is 1. The summed E-state index contributed by atoms with van der Waals surface area (Å²) in [6.45, 7) is 2.28. The number of ketones is 1. The second-order valence-electron chi connectivity index (χ2n) is 5.89. The fraction of sp³-hybridized carbons (Fsp3) is 0.529. The monoisotopic (exact) mass is 353 g/mol. The molecule has 1 saturated heterocycles. The summed E-state index contributed by atoms with van der Waals surface area (Å²) in [5, 5.41) is 0. The van der Waals surface area contributed by atoms with Crippen LogP contribution in [0.15, 0.2) is 24.3 Å². The van der Waals surface area contributed by atoms with Gasteiger partial charge in [-0.25, -0.2) is 8.42 Å². The number of hydrogen-bond donors (Lipinski definition) is 0.